The number of nitrogens with two attached hydrogens (primary N) is 1. The van der Waals surface area contributed by atoms with E-state index in [9.17, 15) is 13.2 Å². The highest BCUT2D eigenvalue weighted by Gasteiger charge is 2.29. The van der Waals surface area contributed by atoms with Crippen LogP contribution >= 0.6 is 15.9 Å². The van der Waals surface area contributed by atoms with Gasteiger partial charge < -0.3 is 11.1 Å². The SMILES string of the molecule is CC1CS(=O)(=O)CCN1CC(=O)Nc1ccc(N)cc1Br. The van der Waals surface area contributed by atoms with Crippen molar-refractivity contribution in [3.63, 3.8) is 0 Å². The molecule has 1 saturated heterocycles. The Morgan fingerprint density at radius 1 is 1.52 bits per heavy atom. The van der Waals surface area contributed by atoms with E-state index in [4.69, 9.17) is 5.73 Å². The molecule has 1 unspecified atom stereocenters. The molecule has 6 nitrogen and oxygen atoms in total. The maximum atomic E-state index is 12.1. The van der Waals surface area contributed by atoms with Crippen LogP contribution in [0.5, 0.6) is 0 Å². The van der Waals surface area contributed by atoms with Gasteiger partial charge in [-0.2, -0.15) is 0 Å². The molecule has 1 aliphatic rings. The minimum absolute atomic E-state index is 0.103. The average molecular weight is 376 g/mol. The molecule has 0 aliphatic carbocycles. The lowest BCUT2D eigenvalue weighted by Gasteiger charge is -2.32. The fourth-order valence-electron chi connectivity index (χ4n) is 2.27. The number of carbonyl (C=O) groups is 1. The lowest BCUT2D eigenvalue weighted by Crippen LogP contribution is -2.49. The third kappa shape index (κ3) is 4.42. The molecule has 0 aromatic heterocycles. The van der Waals surface area contributed by atoms with E-state index in [-0.39, 0.29) is 30.0 Å². The topological polar surface area (TPSA) is 92.5 Å². The average Bonchev–Trinajstić information content (AvgIpc) is 2.36. The number of rotatable bonds is 3. The van der Waals surface area contributed by atoms with E-state index in [0.29, 0.717) is 22.4 Å². The highest BCUT2D eigenvalue weighted by Crippen LogP contribution is 2.24. The summed E-state index contributed by atoms with van der Waals surface area (Å²) >= 11 is 3.34. The van der Waals surface area contributed by atoms with Crippen molar-refractivity contribution in [2.24, 2.45) is 0 Å². The monoisotopic (exact) mass is 375 g/mol. The third-order valence-electron chi connectivity index (χ3n) is 3.42. The van der Waals surface area contributed by atoms with Crippen molar-refractivity contribution in [2.45, 2.75) is 13.0 Å². The van der Waals surface area contributed by atoms with Crippen molar-refractivity contribution >= 4 is 43.0 Å². The number of carbonyl (C=O) groups excluding carboxylic acids is 1. The second-order valence-corrected chi connectivity index (χ2v) is 8.30. The van der Waals surface area contributed by atoms with Gasteiger partial charge in [0.25, 0.3) is 0 Å². The fraction of sp³-hybridized carbons (Fsp3) is 0.462. The number of hydrogen-bond acceptors (Lipinski definition) is 5. The zero-order valence-corrected chi connectivity index (χ0v) is 14.1. The predicted molar refractivity (Wildman–Crippen MR) is 86.9 cm³/mol. The molecule has 1 heterocycles. The standard InChI is InChI=1S/C13H18BrN3O3S/c1-9-8-21(19,20)5-4-17(9)7-13(18)16-12-3-2-10(15)6-11(12)14/h2-3,6,9H,4-5,7-8,15H2,1H3,(H,16,18). The van der Waals surface area contributed by atoms with Crippen molar-refractivity contribution in [1.29, 1.82) is 0 Å². The summed E-state index contributed by atoms with van der Waals surface area (Å²) < 4.78 is 23.7. The predicted octanol–water partition coefficient (Wildman–Crippen LogP) is 1.09. The van der Waals surface area contributed by atoms with Gasteiger partial charge in [-0.1, -0.05) is 0 Å². The van der Waals surface area contributed by atoms with Gasteiger partial charge in [0, 0.05) is 22.7 Å². The summed E-state index contributed by atoms with van der Waals surface area (Å²) in [5.74, 6) is 0.0359. The maximum Gasteiger partial charge on any atom is 0.238 e. The largest absolute Gasteiger partial charge is 0.399 e. The zero-order chi connectivity index (χ0) is 15.6. The van der Waals surface area contributed by atoms with E-state index in [0.717, 1.165) is 0 Å². The van der Waals surface area contributed by atoms with E-state index < -0.39 is 9.84 Å². The minimum atomic E-state index is -2.97. The van der Waals surface area contributed by atoms with Gasteiger partial charge in [-0.15, -0.1) is 0 Å². The Hall–Kier alpha value is -1.12. The zero-order valence-electron chi connectivity index (χ0n) is 11.7. The molecule has 3 N–H and O–H groups in total. The van der Waals surface area contributed by atoms with Crippen LogP contribution in [0.1, 0.15) is 6.92 Å². The molecule has 0 bridgehead atoms. The van der Waals surface area contributed by atoms with Crippen molar-refractivity contribution < 1.29 is 13.2 Å². The molecule has 8 heteroatoms. The van der Waals surface area contributed by atoms with Crippen LogP contribution in [-0.4, -0.2) is 49.9 Å². The third-order valence-corrected chi connectivity index (χ3v) is 5.87. The van der Waals surface area contributed by atoms with Crippen LogP contribution in [0.15, 0.2) is 22.7 Å². The van der Waals surface area contributed by atoms with Gasteiger partial charge in [0.15, 0.2) is 9.84 Å². The molecule has 21 heavy (non-hydrogen) atoms. The summed E-state index contributed by atoms with van der Waals surface area (Å²) in [4.78, 5) is 13.9. The number of nitrogens with one attached hydrogen (secondary N) is 1. The Kier molecular flexibility index (Phi) is 4.90. The van der Waals surface area contributed by atoms with Crippen molar-refractivity contribution in [3.05, 3.63) is 22.7 Å². The van der Waals surface area contributed by atoms with Gasteiger partial charge in [-0.05, 0) is 41.1 Å². The Morgan fingerprint density at radius 2 is 2.24 bits per heavy atom. The summed E-state index contributed by atoms with van der Waals surface area (Å²) in [5.41, 5.74) is 6.89. The van der Waals surface area contributed by atoms with E-state index in [1.165, 1.54) is 0 Å². The van der Waals surface area contributed by atoms with E-state index in [2.05, 4.69) is 21.2 Å². The first-order valence-corrected chi connectivity index (χ1v) is 9.17. The summed E-state index contributed by atoms with van der Waals surface area (Å²) in [6, 6.07) is 4.99. The minimum Gasteiger partial charge on any atom is -0.399 e. The molecule has 116 valence electrons. The highest BCUT2D eigenvalue weighted by molar-refractivity contribution is 9.10. The first kappa shape index (κ1) is 16.3. The Balaban J connectivity index is 1.96. The number of hydrogen-bond donors (Lipinski definition) is 2. The van der Waals surface area contributed by atoms with Crippen molar-refractivity contribution in [1.82, 2.24) is 4.90 Å². The molecule has 1 amide bonds. The Labute approximate surface area is 132 Å². The van der Waals surface area contributed by atoms with Crippen LogP contribution in [0.25, 0.3) is 0 Å². The normalized spacial score (nSPS) is 21.9. The van der Waals surface area contributed by atoms with Gasteiger partial charge in [0.05, 0.1) is 23.7 Å². The number of amides is 1. The molecule has 1 aliphatic heterocycles. The lowest BCUT2D eigenvalue weighted by atomic mass is 10.2. The van der Waals surface area contributed by atoms with E-state index in [1.54, 1.807) is 18.2 Å². The lowest BCUT2D eigenvalue weighted by molar-refractivity contribution is -0.117. The Bertz CT molecular complexity index is 648. The van der Waals surface area contributed by atoms with Gasteiger partial charge in [-0.25, -0.2) is 8.42 Å². The number of benzene rings is 1. The first-order valence-electron chi connectivity index (χ1n) is 6.56. The van der Waals surface area contributed by atoms with Crippen LogP contribution in [-0.2, 0) is 14.6 Å². The molecular weight excluding hydrogens is 358 g/mol. The van der Waals surface area contributed by atoms with Crippen LogP contribution in [0.2, 0.25) is 0 Å². The molecule has 0 saturated carbocycles. The van der Waals surface area contributed by atoms with E-state index in [1.807, 2.05) is 11.8 Å². The number of anilines is 2. The number of nitrogen functional groups attached to an aromatic ring is 1. The number of halogens is 1. The molecule has 1 fully saturated rings. The molecular formula is C13H18BrN3O3S. The molecule has 0 spiro atoms. The second kappa shape index (κ2) is 6.33. The second-order valence-electron chi connectivity index (χ2n) is 5.22. The quantitative estimate of drug-likeness (QED) is 0.771. The molecule has 2 rings (SSSR count). The summed E-state index contributed by atoms with van der Waals surface area (Å²) in [6.07, 6.45) is 0. The summed E-state index contributed by atoms with van der Waals surface area (Å²) in [7, 11) is -2.97. The molecule has 1 atom stereocenters. The maximum absolute atomic E-state index is 12.1. The van der Waals surface area contributed by atoms with Gasteiger partial charge in [0.2, 0.25) is 5.91 Å². The number of nitrogens with zero attached hydrogens (tertiary/aromatic N) is 1. The smallest absolute Gasteiger partial charge is 0.238 e. The first-order chi connectivity index (χ1) is 9.77. The van der Waals surface area contributed by atoms with Gasteiger partial charge in [-0.3, -0.25) is 9.69 Å². The van der Waals surface area contributed by atoms with E-state index >= 15 is 0 Å². The number of sulfone groups is 1. The van der Waals surface area contributed by atoms with Crippen LogP contribution in [0, 0.1) is 0 Å². The fourth-order valence-corrected chi connectivity index (χ4v) is 4.40. The molecule has 0 radical (unpaired) electrons. The van der Waals surface area contributed by atoms with Gasteiger partial charge in [0.1, 0.15) is 0 Å². The van der Waals surface area contributed by atoms with Crippen molar-refractivity contribution in [3.8, 4) is 0 Å². The summed E-state index contributed by atoms with van der Waals surface area (Å²) in [5, 5.41) is 2.79. The molecule has 1 aromatic carbocycles. The van der Waals surface area contributed by atoms with Crippen molar-refractivity contribution in [2.75, 3.05) is 35.6 Å². The van der Waals surface area contributed by atoms with Gasteiger partial charge >= 0.3 is 0 Å². The Morgan fingerprint density at radius 3 is 2.86 bits per heavy atom. The highest BCUT2D eigenvalue weighted by atomic mass is 79.9. The summed E-state index contributed by atoms with van der Waals surface area (Å²) in [6.45, 7) is 2.39. The van der Waals surface area contributed by atoms with Crippen LogP contribution in [0.4, 0.5) is 11.4 Å². The van der Waals surface area contributed by atoms with Crippen LogP contribution < -0.4 is 11.1 Å². The molecule has 1 aromatic rings. The van der Waals surface area contributed by atoms with Crippen LogP contribution in [0.3, 0.4) is 0 Å².